The Morgan fingerprint density at radius 1 is 0.771 bits per heavy atom. The first kappa shape index (κ1) is 30.4. The second-order valence-electron chi connectivity index (χ2n) is 14.5. The standard InChI is InChI=1S/C37H37F3N8/c1-20(2)26-10-9-11-27(21(3)4)30(26)24-12-13-28-23(18-24)14-16-46-31(28)33-42-34(36(38,39)40)44-48(33)37(46)45-17-15-25(35(6,7)8)19-29(45)32-41-22(5)43-47(32)37/h9-21H,1-8H3/q+2. The average Bonchev–Trinajstić information content (AvgIpc) is 3.75. The first-order valence-corrected chi connectivity index (χ1v) is 16.3. The van der Waals surface area contributed by atoms with Crippen LogP contribution in [0.5, 0.6) is 0 Å². The first-order chi connectivity index (χ1) is 22.6. The van der Waals surface area contributed by atoms with Gasteiger partial charge in [0.25, 0.3) is 17.2 Å². The highest BCUT2D eigenvalue weighted by molar-refractivity contribution is 5.95. The van der Waals surface area contributed by atoms with Crippen LogP contribution in [-0.2, 0) is 17.5 Å². The minimum Gasteiger partial charge on any atom is -0.206 e. The van der Waals surface area contributed by atoms with Crippen molar-refractivity contribution in [3.8, 4) is 34.2 Å². The van der Waals surface area contributed by atoms with E-state index in [0.29, 0.717) is 29.2 Å². The van der Waals surface area contributed by atoms with Crippen molar-refractivity contribution in [1.29, 1.82) is 0 Å². The van der Waals surface area contributed by atoms with E-state index in [0.717, 1.165) is 27.6 Å². The Kier molecular flexibility index (Phi) is 6.21. The molecule has 0 radical (unpaired) electrons. The van der Waals surface area contributed by atoms with Crippen molar-refractivity contribution in [2.24, 2.45) is 0 Å². The molecule has 2 aliphatic rings. The molecule has 0 amide bonds. The topological polar surface area (TPSA) is 69.2 Å². The number of halogens is 3. The Bertz CT molecular complexity index is 2280. The number of benzene rings is 2. The SMILES string of the molecule is Cc1nc2n(n1)C1(n3nc(C(F)(F)F)nc3-c3c4ccc(-c5c(C(C)C)cccc5C(C)C)cc4cc[n+]31)[n+]1ccc(C(C)(C)C)cc1-2. The predicted molar refractivity (Wildman–Crippen MR) is 175 cm³/mol. The van der Waals surface area contributed by atoms with Gasteiger partial charge in [-0.2, -0.15) is 18.2 Å². The van der Waals surface area contributed by atoms with Crippen molar-refractivity contribution >= 4 is 10.8 Å². The van der Waals surface area contributed by atoms with Crippen molar-refractivity contribution in [2.75, 3.05) is 0 Å². The molecule has 8 rings (SSSR count). The fourth-order valence-corrected chi connectivity index (χ4v) is 7.39. The molecule has 0 N–H and O–H groups in total. The van der Waals surface area contributed by atoms with Gasteiger partial charge in [0.05, 0.1) is 5.39 Å². The van der Waals surface area contributed by atoms with Crippen molar-refractivity contribution in [3.05, 3.63) is 95.3 Å². The zero-order valence-corrected chi connectivity index (χ0v) is 28.2. The van der Waals surface area contributed by atoms with Gasteiger partial charge in [-0.25, -0.2) is 4.98 Å². The second-order valence-corrected chi connectivity index (χ2v) is 14.5. The van der Waals surface area contributed by atoms with Crippen molar-refractivity contribution in [1.82, 2.24) is 29.5 Å². The number of alkyl halides is 3. The van der Waals surface area contributed by atoms with Gasteiger partial charge >= 0.3 is 12.1 Å². The van der Waals surface area contributed by atoms with E-state index >= 15 is 0 Å². The lowest BCUT2D eigenvalue weighted by atomic mass is 9.84. The van der Waals surface area contributed by atoms with Gasteiger partial charge in [0, 0.05) is 18.2 Å². The monoisotopic (exact) mass is 650 g/mol. The van der Waals surface area contributed by atoms with Crippen LogP contribution in [0.25, 0.3) is 44.9 Å². The fraction of sp³-hybridized carbons (Fsp3) is 0.351. The highest BCUT2D eigenvalue weighted by Crippen LogP contribution is 2.43. The normalized spacial score (nSPS) is 16.7. The Labute approximate surface area is 276 Å². The molecule has 1 spiro atoms. The largest absolute Gasteiger partial charge is 0.586 e. The molecule has 2 aromatic carbocycles. The summed E-state index contributed by atoms with van der Waals surface area (Å²) in [5, 5.41) is 10.6. The molecule has 6 aromatic rings. The predicted octanol–water partition coefficient (Wildman–Crippen LogP) is 7.31. The number of nitrogens with zero attached hydrogens (tertiary/aromatic N) is 8. The van der Waals surface area contributed by atoms with Crippen LogP contribution in [0.4, 0.5) is 13.2 Å². The van der Waals surface area contributed by atoms with Crippen molar-refractivity contribution in [3.63, 3.8) is 0 Å². The molecule has 0 aliphatic carbocycles. The molecule has 11 heteroatoms. The molecule has 8 nitrogen and oxygen atoms in total. The van der Waals surface area contributed by atoms with E-state index in [-0.39, 0.29) is 11.2 Å². The minimum atomic E-state index is -4.75. The number of aryl methyl sites for hydroxylation is 1. The molecule has 4 aromatic heterocycles. The summed E-state index contributed by atoms with van der Waals surface area (Å²) in [6, 6.07) is 18.7. The number of rotatable bonds is 3. The summed E-state index contributed by atoms with van der Waals surface area (Å²) >= 11 is 0. The highest BCUT2D eigenvalue weighted by Gasteiger charge is 2.72. The Balaban J connectivity index is 1.45. The molecule has 48 heavy (non-hydrogen) atoms. The summed E-state index contributed by atoms with van der Waals surface area (Å²) in [5.74, 6) is -0.945. The van der Waals surface area contributed by atoms with Gasteiger partial charge in [0.1, 0.15) is 5.82 Å². The third-order valence-corrected chi connectivity index (χ3v) is 9.66. The minimum absolute atomic E-state index is 0.102. The summed E-state index contributed by atoms with van der Waals surface area (Å²) < 4.78 is 49.9. The quantitative estimate of drug-likeness (QED) is 0.188. The Morgan fingerprint density at radius 3 is 2.08 bits per heavy atom. The molecule has 0 saturated carbocycles. The molecular weight excluding hydrogens is 613 g/mol. The first-order valence-electron chi connectivity index (χ1n) is 16.3. The summed E-state index contributed by atoms with van der Waals surface area (Å²) in [5.41, 5.74) is 6.90. The van der Waals surface area contributed by atoms with Crippen molar-refractivity contribution < 1.29 is 22.3 Å². The molecular formula is C37H37F3N8+2. The summed E-state index contributed by atoms with van der Waals surface area (Å²) in [6.45, 7) is 16.9. The lowest BCUT2D eigenvalue weighted by Gasteiger charge is -2.20. The molecule has 0 bridgehead atoms. The summed E-state index contributed by atoms with van der Waals surface area (Å²) in [7, 11) is 0. The van der Waals surface area contributed by atoms with Crippen LogP contribution in [-0.4, -0.2) is 29.5 Å². The van der Waals surface area contributed by atoms with E-state index in [1.54, 1.807) is 11.6 Å². The molecule has 0 fully saturated rings. The molecule has 2 aliphatic heterocycles. The van der Waals surface area contributed by atoms with E-state index in [9.17, 15) is 13.2 Å². The summed E-state index contributed by atoms with van der Waals surface area (Å²) in [6.07, 6.45) is -0.951. The Morgan fingerprint density at radius 2 is 1.44 bits per heavy atom. The van der Waals surface area contributed by atoms with Crippen LogP contribution in [0.2, 0.25) is 0 Å². The van der Waals surface area contributed by atoms with Crippen molar-refractivity contribution in [2.45, 2.75) is 84.7 Å². The van der Waals surface area contributed by atoms with Crippen LogP contribution >= 0.6 is 0 Å². The van der Waals surface area contributed by atoms with Gasteiger partial charge in [-0.3, -0.25) is 0 Å². The highest BCUT2D eigenvalue weighted by atomic mass is 19.4. The molecule has 1 unspecified atom stereocenters. The van der Waals surface area contributed by atoms with Crippen LogP contribution in [0.3, 0.4) is 0 Å². The zero-order valence-electron chi connectivity index (χ0n) is 28.2. The smallest absolute Gasteiger partial charge is 0.206 e. The van der Waals surface area contributed by atoms with Gasteiger partial charge in [0.2, 0.25) is 11.6 Å². The maximum Gasteiger partial charge on any atom is 0.586 e. The fourth-order valence-electron chi connectivity index (χ4n) is 7.39. The zero-order chi connectivity index (χ0) is 34.1. The maximum absolute atomic E-state index is 14.3. The van der Waals surface area contributed by atoms with E-state index in [2.05, 4.69) is 88.9 Å². The lowest BCUT2D eigenvalue weighted by molar-refractivity contribution is -0.990. The molecule has 6 heterocycles. The second kappa shape index (κ2) is 9.81. The average molecular weight is 651 g/mol. The van der Waals surface area contributed by atoms with E-state index in [4.69, 9.17) is 10.1 Å². The van der Waals surface area contributed by atoms with Gasteiger partial charge < -0.3 is 0 Å². The number of hydrogen-bond donors (Lipinski definition) is 0. The van der Waals surface area contributed by atoms with Crippen LogP contribution in [0.1, 0.15) is 88.6 Å². The number of aromatic nitrogens is 8. The summed E-state index contributed by atoms with van der Waals surface area (Å²) in [4.78, 5) is 8.93. The Hall–Kier alpha value is -4.93. The van der Waals surface area contributed by atoms with E-state index in [1.165, 1.54) is 21.4 Å². The molecule has 0 saturated heterocycles. The number of hydrogen-bond acceptors (Lipinski definition) is 4. The van der Waals surface area contributed by atoms with Gasteiger partial charge in [-0.15, -0.1) is 10.2 Å². The van der Waals surface area contributed by atoms with Crippen LogP contribution in [0.15, 0.2) is 67.0 Å². The third kappa shape index (κ3) is 4.02. The third-order valence-electron chi connectivity index (χ3n) is 9.66. The maximum atomic E-state index is 14.3. The van der Waals surface area contributed by atoms with Gasteiger partial charge in [0.15, 0.2) is 12.4 Å². The number of pyridine rings is 2. The van der Waals surface area contributed by atoms with E-state index < -0.39 is 17.9 Å². The number of fused-ring (bicyclic) bond motifs is 12. The van der Waals surface area contributed by atoms with Crippen LogP contribution in [0, 0.1) is 6.92 Å². The van der Waals surface area contributed by atoms with Crippen LogP contribution < -0.4 is 9.13 Å². The van der Waals surface area contributed by atoms with Gasteiger partial charge in [-0.1, -0.05) is 91.2 Å². The molecule has 1 atom stereocenters. The lowest BCUT2D eigenvalue weighted by Crippen LogP contribution is -2.77. The van der Waals surface area contributed by atoms with E-state index in [1.807, 2.05) is 45.8 Å². The van der Waals surface area contributed by atoms with Gasteiger partial charge in [-0.05, 0) is 69.5 Å². The molecule has 244 valence electrons.